The minimum absolute atomic E-state index is 0.0770. The zero-order valence-electron chi connectivity index (χ0n) is 19.6. The van der Waals surface area contributed by atoms with Crippen molar-refractivity contribution < 1.29 is 17.9 Å². The number of carbonyl (C=O) groups is 1. The third-order valence-corrected chi connectivity index (χ3v) is 7.44. The number of carbonyl (C=O) groups excluding carboxylic acids is 1. The average Bonchev–Trinajstić information content (AvgIpc) is 2.85. The molecule has 1 fully saturated rings. The quantitative estimate of drug-likeness (QED) is 0.580. The van der Waals surface area contributed by atoms with Crippen LogP contribution < -0.4 is 9.46 Å². The molecule has 3 aromatic rings. The first-order valence-corrected chi connectivity index (χ1v) is 12.6. The molecular weight excluding hydrogens is 450 g/mol. The molecule has 4 rings (SSSR count). The molecular formula is C26H29N3O4S. The van der Waals surface area contributed by atoms with E-state index in [0.717, 1.165) is 17.7 Å². The normalized spacial score (nSPS) is 16.8. The van der Waals surface area contributed by atoms with E-state index in [2.05, 4.69) is 9.62 Å². The molecule has 1 N–H and O–H groups in total. The first-order chi connectivity index (χ1) is 16.3. The van der Waals surface area contributed by atoms with E-state index >= 15 is 0 Å². The van der Waals surface area contributed by atoms with Crippen LogP contribution in [0.15, 0.2) is 77.7 Å². The van der Waals surface area contributed by atoms with E-state index in [0.29, 0.717) is 24.3 Å². The van der Waals surface area contributed by atoms with Gasteiger partial charge in [-0.25, -0.2) is 8.42 Å². The highest BCUT2D eigenvalue weighted by Crippen LogP contribution is 2.30. The van der Waals surface area contributed by atoms with Crippen molar-refractivity contribution in [2.24, 2.45) is 0 Å². The Morgan fingerprint density at radius 1 is 1.00 bits per heavy atom. The monoisotopic (exact) mass is 479 g/mol. The molecule has 1 saturated heterocycles. The van der Waals surface area contributed by atoms with Gasteiger partial charge in [-0.3, -0.25) is 9.52 Å². The Hall–Kier alpha value is -3.36. The Kier molecular flexibility index (Phi) is 6.90. The number of sulfonamides is 1. The molecule has 0 radical (unpaired) electrons. The van der Waals surface area contributed by atoms with Crippen LogP contribution in [0.1, 0.15) is 27.5 Å². The van der Waals surface area contributed by atoms with Gasteiger partial charge < -0.3 is 14.5 Å². The summed E-state index contributed by atoms with van der Waals surface area (Å²) in [4.78, 5) is 17.6. The van der Waals surface area contributed by atoms with Gasteiger partial charge in [0.05, 0.1) is 13.2 Å². The van der Waals surface area contributed by atoms with Gasteiger partial charge in [-0.05, 0) is 49.9 Å². The Morgan fingerprint density at radius 2 is 1.71 bits per heavy atom. The van der Waals surface area contributed by atoms with Crippen LogP contribution in [0.3, 0.4) is 0 Å². The zero-order chi connectivity index (χ0) is 24.3. The van der Waals surface area contributed by atoms with Crippen molar-refractivity contribution in [1.82, 2.24) is 9.80 Å². The summed E-state index contributed by atoms with van der Waals surface area (Å²) in [5.74, 6) is -0.0365. The number of methoxy groups -OCH3 is 1. The molecule has 1 amide bonds. The lowest BCUT2D eigenvalue weighted by molar-refractivity contribution is 0.0497. The fourth-order valence-corrected chi connectivity index (χ4v) is 5.39. The van der Waals surface area contributed by atoms with Crippen molar-refractivity contribution in [3.63, 3.8) is 0 Å². The predicted molar refractivity (Wildman–Crippen MR) is 133 cm³/mol. The maximum absolute atomic E-state index is 13.6. The van der Waals surface area contributed by atoms with Crippen molar-refractivity contribution >= 4 is 21.6 Å². The number of piperazine rings is 1. The van der Waals surface area contributed by atoms with E-state index < -0.39 is 10.0 Å². The number of amides is 1. The van der Waals surface area contributed by atoms with Crippen LogP contribution in [0, 0.1) is 6.92 Å². The topological polar surface area (TPSA) is 79.0 Å². The average molecular weight is 480 g/mol. The highest BCUT2D eigenvalue weighted by Gasteiger charge is 2.32. The van der Waals surface area contributed by atoms with Gasteiger partial charge >= 0.3 is 0 Å². The SMILES string of the molecule is COc1ccc(C(=O)N2CCN(C)C[C@H]2c2ccccc2)cc1S(=O)(=O)Nc1ccc(C)cc1. The maximum atomic E-state index is 13.6. The predicted octanol–water partition coefficient (Wildman–Crippen LogP) is 3.93. The van der Waals surface area contributed by atoms with Crippen molar-refractivity contribution in [1.29, 1.82) is 0 Å². The summed E-state index contributed by atoms with van der Waals surface area (Å²) in [6.07, 6.45) is 0. The third kappa shape index (κ3) is 5.08. The number of likely N-dealkylation sites (N-methyl/N-ethyl adjacent to an activating group) is 1. The third-order valence-electron chi connectivity index (χ3n) is 6.03. The van der Waals surface area contributed by atoms with Gasteiger partial charge in [0.15, 0.2) is 0 Å². The Balaban J connectivity index is 1.67. The fourth-order valence-electron chi connectivity index (χ4n) is 4.14. The van der Waals surface area contributed by atoms with Crippen LogP contribution >= 0.6 is 0 Å². The minimum Gasteiger partial charge on any atom is -0.495 e. The summed E-state index contributed by atoms with van der Waals surface area (Å²) >= 11 is 0. The van der Waals surface area contributed by atoms with Crippen molar-refractivity contribution in [3.05, 3.63) is 89.5 Å². The molecule has 1 aliphatic rings. The van der Waals surface area contributed by atoms with Gasteiger partial charge in [0.2, 0.25) is 0 Å². The molecule has 1 heterocycles. The maximum Gasteiger partial charge on any atom is 0.265 e. The molecule has 3 aromatic carbocycles. The number of hydrogen-bond acceptors (Lipinski definition) is 5. The van der Waals surface area contributed by atoms with Gasteiger partial charge in [-0.15, -0.1) is 0 Å². The van der Waals surface area contributed by atoms with Crippen molar-refractivity contribution in [3.8, 4) is 5.75 Å². The molecule has 34 heavy (non-hydrogen) atoms. The molecule has 1 aliphatic heterocycles. The summed E-state index contributed by atoms with van der Waals surface area (Å²) in [6.45, 7) is 3.92. The Bertz CT molecular complexity index is 1260. The van der Waals surface area contributed by atoms with E-state index in [9.17, 15) is 13.2 Å². The van der Waals surface area contributed by atoms with Gasteiger partial charge in [0, 0.05) is 30.9 Å². The second kappa shape index (κ2) is 9.87. The molecule has 0 bridgehead atoms. The van der Waals surface area contributed by atoms with E-state index in [1.807, 2.05) is 61.3 Å². The standard InChI is InChI=1S/C26H29N3O4S/c1-19-9-12-22(13-10-19)27-34(31,32)25-17-21(11-14-24(25)33-3)26(30)29-16-15-28(2)18-23(29)20-7-5-4-6-8-20/h4-14,17,23,27H,15-16,18H2,1-3H3/t23-/m0/s1. The Labute approximate surface area is 201 Å². The number of nitrogens with zero attached hydrogens (tertiary/aromatic N) is 2. The van der Waals surface area contributed by atoms with Crippen molar-refractivity contribution in [2.75, 3.05) is 38.5 Å². The first-order valence-electron chi connectivity index (χ1n) is 11.1. The number of ether oxygens (including phenoxy) is 1. The minimum atomic E-state index is -3.98. The van der Waals surface area contributed by atoms with Gasteiger partial charge in [0.25, 0.3) is 15.9 Å². The lowest BCUT2D eigenvalue weighted by atomic mass is 10.0. The van der Waals surface area contributed by atoms with Crippen LogP contribution in [0.25, 0.3) is 0 Å². The Morgan fingerprint density at radius 3 is 2.38 bits per heavy atom. The van der Waals surface area contributed by atoms with E-state index in [4.69, 9.17) is 4.74 Å². The lowest BCUT2D eigenvalue weighted by Gasteiger charge is -2.40. The molecule has 8 heteroatoms. The number of benzene rings is 3. The summed E-state index contributed by atoms with van der Waals surface area (Å²) in [5, 5.41) is 0. The van der Waals surface area contributed by atoms with Gasteiger partial charge in [-0.2, -0.15) is 0 Å². The second-order valence-electron chi connectivity index (χ2n) is 8.52. The molecule has 0 saturated carbocycles. The highest BCUT2D eigenvalue weighted by atomic mass is 32.2. The number of hydrogen-bond donors (Lipinski definition) is 1. The molecule has 1 atom stereocenters. The molecule has 0 aliphatic carbocycles. The molecule has 0 aromatic heterocycles. The molecule has 0 unspecified atom stereocenters. The highest BCUT2D eigenvalue weighted by molar-refractivity contribution is 7.92. The summed E-state index contributed by atoms with van der Waals surface area (Å²) in [7, 11) is -0.539. The summed E-state index contributed by atoms with van der Waals surface area (Å²) < 4.78 is 34.4. The lowest BCUT2D eigenvalue weighted by Crippen LogP contribution is -2.49. The van der Waals surface area contributed by atoms with Crippen LogP contribution in [-0.4, -0.2) is 57.9 Å². The number of nitrogens with one attached hydrogen (secondary N) is 1. The van der Waals surface area contributed by atoms with Gasteiger partial charge in [-0.1, -0.05) is 48.0 Å². The van der Waals surface area contributed by atoms with Crippen LogP contribution in [0.4, 0.5) is 5.69 Å². The molecule has 7 nitrogen and oxygen atoms in total. The number of anilines is 1. The number of aryl methyl sites for hydroxylation is 1. The van der Waals surface area contributed by atoms with Crippen LogP contribution in [0.2, 0.25) is 0 Å². The van der Waals surface area contributed by atoms with Crippen LogP contribution in [-0.2, 0) is 10.0 Å². The fraction of sp³-hybridized carbons (Fsp3) is 0.269. The molecule has 178 valence electrons. The number of rotatable bonds is 6. The van der Waals surface area contributed by atoms with E-state index in [1.54, 1.807) is 18.2 Å². The second-order valence-corrected chi connectivity index (χ2v) is 10.2. The summed E-state index contributed by atoms with van der Waals surface area (Å²) in [5.41, 5.74) is 2.81. The largest absolute Gasteiger partial charge is 0.495 e. The zero-order valence-corrected chi connectivity index (χ0v) is 20.4. The summed E-state index contributed by atoms with van der Waals surface area (Å²) in [6, 6.07) is 21.4. The van der Waals surface area contributed by atoms with Crippen molar-refractivity contribution in [2.45, 2.75) is 17.9 Å². The van der Waals surface area contributed by atoms with E-state index in [-0.39, 0.29) is 22.6 Å². The van der Waals surface area contributed by atoms with E-state index in [1.165, 1.54) is 19.2 Å². The van der Waals surface area contributed by atoms with Crippen LogP contribution in [0.5, 0.6) is 5.75 Å². The smallest absolute Gasteiger partial charge is 0.265 e. The first kappa shape index (κ1) is 23.8. The molecule has 0 spiro atoms. The van der Waals surface area contributed by atoms with Gasteiger partial charge in [0.1, 0.15) is 10.6 Å².